The lowest BCUT2D eigenvalue weighted by molar-refractivity contribution is -0.127. The maximum Gasteiger partial charge on any atom is 0.162 e. The second kappa shape index (κ2) is 3.33. The average Bonchev–Trinajstić information content (AvgIpc) is 2.64. The van der Waals surface area contributed by atoms with Crippen LogP contribution in [0.4, 0.5) is 0 Å². The molecule has 0 aromatic carbocycles. The standard InChI is InChI=1S/C14H17NO2/c1-8-7-17-12-6-14(2)10(5-9(8)12)11(15)3-4-13(14)16/h3-4,7,10-11H,5-6,15H2,1-2H3/t10-,11+,14+/m0/s1. The van der Waals surface area contributed by atoms with E-state index in [1.807, 2.05) is 13.0 Å². The number of fused-ring (bicyclic) bond motifs is 2. The van der Waals surface area contributed by atoms with Crippen LogP contribution in [-0.2, 0) is 17.6 Å². The van der Waals surface area contributed by atoms with Crippen LogP contribution >= 0.6 is 0 Å². The number of carbonyl (C=O) groups is 1. The molecule has 0 bridgehead atoms. The van der Waals surface area contributed by atoms with Gasteiger partial charge in [0, 0.05) is 17.9 Å². The zero-order valence-electron chi connectivity index (χ0n) is 10.2. The maximum atomic E-state index is 12.1. The molecule has 2 aliphatic carbocycles. The first-order valence-electron chi connectivity index (χ1n) is 6.06. The predicted molar refractivity (Wildman–Crippen MR) is 64.6 cm³/mol. The molecule has 17 heavy (non-hydrogen) atoms. The largest absolute Gasteiger partial charge is 0.469 e. The fourth-order valence-corrected chi connectivity index (χ4v) is 3.21. The molecule has 0 radical (unpaired) electrons. The van der Waals surface area contributed by atoms with Crippen molar-refractivity contribution in [3.8, 4) is 0 Å². The molecule has 0 unspecified atom stereocenters. The third-order valence-corrected chi connectivity index (χ3v) is 4.46. The molecular formula is C14H17NO2. The first-order valence-corrected chi connectivity index (χ1v) is 6.06. The quantitative estimate of drug-likeness (QED) is 0.740. The summed E-state index contributed by atoms with van der Waals surface area (Å²) in [6, 6.07) is -0.0276. The Balaban J connectivity index is 2.10. The molecule has 1 heterocycles. The van der Waals surface area contributed by atoms with Gasteiger partial charge in [0.25, 0.3) is 0 Å². The van der Waals surface area contributed by atoms with Crippen molar-refractivity contribution in [1.29, 1.82) is 0 Å². The highest BCUT2D eigenvalue weighted by molar-refractivity contribution is 5.96. The fraction of sp³-hybridized carbons (Fsp3) is 0.500. The van der Waals surface area contributed by atoms with E-state index in [1.165, 1.54) is 11.1 Å². The van der Waals surface area contributed by atoms with Crippen LogP contribution in [-0.4, -0.2) is 11.8 Å². The van der Waals surface area contributed by atoms with E-state index in [9.17, 15) is 4.79 Å². The van der Waals surface area contributed by atoms with Crippen molar-refractivity contribution in [2.75, 3.05) is 0 Å². The minimum absolute atomic E-state index is 0.0276. The van der Waals surface area contributed by atoms with Gasteiger partial charge in [0.15, 0.2) is 5.78 Å². The molecule has 0 saturated heterocycles. The summed E-state index contributed by atoms with van der Waals surface area (Å²) in [5, 5.41) is 0. The van der Waals surface area contributed by atoms with E-state index in [0.29, 0.717) is 6.42 Å². The second-order valence-electron chi connectivity index (χ2n) is 5.53. The van der Waals surface area contributed by atoms with Crippen LogP contribution < -0.4 is 5.73 Å². The lowest BCUT2D eigenvalue weighted by atomic mass is 9.60. The third-order valence-electron chi connectivity index (χ3n) is 4.46. The molecule has 1 aromatic heterocycles. The molecule has 0 amide bonds. The number of carbonyl (C=O) groups excluding carboxylic acids is 1. The van der Waals surface area contributed by atoms with Crippen LogP contribution in [0.25, 0.3) is 0 Å². The van der Waals surface area contributed by atoms with Crippen molar-refractivity contribution < 1.29 is 9.21 Å². The Hall–Kier alpha value is -1.35. The Morgan fingerprint density at radius 2 is 2.29 bits per heavy atom. The van der Waals surface area contributed by atoms with Gasteiger partial charge in [0.2, 0.25) is 0 Å². The first-order chi connectivity index (χ1) is 8.02. The van der Waals surface area contributed by atoms with Gasteiger partial charge in [0.1, 0.15) is 5.76 Å². The number of hydrogen-bond donors (Lipinski definition) is 1. The van der Waals surface area contributed by atoms with Crippen LogP contribution in [0.5, 0.6) is 0 Å². The molecule has 1 aromatic rings. The van der Waals surface area contributed by atoms with Gasteiger partial charge in [-0.3, -0.25) is 4.79 Å². The predicted octanol–water partition coefficient (Wildman–Crippen LogP) is 1.78. The number of aryl methyl sites for hydroxylation is 1. The number of nitrogens with two attached hydrogens (primary N) is 1. The van der Waals surface area contributed by atoms with Crippen molar-refractivity contribution in [2.24, 2.45) is 17.1 Å². The monoisotopic (exact) mass is 231 g/mol. The van der Waals surface area contributed by atoms with E-state index < -0.39 is 0 Å². The van der Waals surface area contributed by atoms with Crippen LogP contribution in [0.15, 0.2) is 22.8 Å². The molecule has 3 atom stereocenters. The lowest BCUT2D eigenvalue weighted by Crippen LogP contribution is -2.51. The number of furan rings is 1. The van der Waals surface area contributed by atoms with Gasteiger partial charge in [-0.15, -0.1) is 0 Å². The van der Waals surface area contributed by atoms with E-state index >= 15 is 0 Å². The molecule has 0 aliphatic heterocycles. The van der Waals surface area contributed by atoms with E-state index in [0.717, 1.165) is 12.2 Å². The summed E-state index contributed by atoms with van der Waals surface area (Å²) in [4.78, 5) is 12.1. The summed E-state index contributed by atoms with van der Waals surface area (Å²) in [5.41, 5.74) is 8.19. The summed E-state index contributed by atoms with van der Waals surface area (Å²) < 4.78 is 5.57. The molecule has 90 valence electrons. The van der Waals surface area contributed by atoms with Crippen molar-refractivity contribution in [3.63, 3.8) is 0 Å². The Labute approximate surface area is 101 Å². The molecule has 3 rings (SSSR count). The number of rotatable bonds is 0. The van der Waals surface area contributed by atoms with Gasteiger partial charge in [-0.2, -0.15) is 0 Å². The van der Waals surface area contributed by atoms with Crippen LogP contribution in [0.1, 0.15) is 23.8 Å². The van der Waals surface area contributed by atoms with Crippen LogP contribution in [0.2, 0.25) is 0 Å². The van der Waals surface area contributed by atoms with Gasteiger partial charge in [0.05, 0.1) is 6.26 Å². The molecule has 2 N–H and O–H groups in total. The lowest BCUT2D eigenvalue weighted by Gasteiger charge is -2.43. The highest BCUT2D eigenvalue weighted by Gasteiger charge is 2.48. The van der Waals surface area contributed by atoms with Gasteiger partial charge < -0.3 is 10.2 Å². The molecule has 0 spiro atoms. The summed E-state index contributed by atoms with van der Waals surface area (Å²) in [6.45, 7) is 4.07. The molecule has 3 nitrogen and oxygen atoms in total. The number of ketones is 1. The zero-order valence-corrected chi connectivity index (χ0v) is 10.2. The van der Waals surface area contributed by atoms with Crippen LogP contribution in [0, 0.1) is 18.3 Å². The molecule has 0 fully saturated rings. The maximum absolute atomic E-state index is 12.1. The topological polar surface area (TPSA) is 56.2 Å². The zero-order chi connectivity index (χ0) is 12.2. The molecular weight excluding hydrogens is 214 g/mol. The second-order valence-corrected chi connectivity index (χ2v) is 5.53. The minimum Gasteiger partial charge on any atom is -0.469 e. The highest BCUT2D eigenvalue weighted by atomic mass is 16.3. The third kappa shape index (κ3) is 1.35. The van der Waals surface area contributed by atoms with E-state index in [1.54, 1.807) is 12.3 Å². The van der Waals surface area contributed by atoms with Gasteiger partial charge in [-0.05, 0) is 36.5 Å². The number of hydrogen-bond acceptors (Lipinski definition) is 3. The average molecular weight is 231 g/mol. The molecule has 2 aliphatic rings. The Morgan fingerprint density at radius 3 is 3.06 bits per heavy atom. The highest BCUT2D eigenvalue weighted by Crippen LogP contribution is 2.45. The van der Waals surface area contributed by atoms with Gasteiger partial charge in [-0.1, -0.05) is 13.0 Å². The summed E-state index contributed by atoms with van der Waals surface area (Å²) in [6.07, 6.45) is 6.80. The first kappa shape index (κ1) is 10.8. The van der Waals surface area contributed by atoms with Gasteiger partial charge >= 0.3 is 0 Å². The summed E-state index contributed by atoms with van der Waals surface area (Å²) in [7, 11) is 0. The minimum atomic E-state index is -0.383. The number of allylic oxidation sites excluding steroid dienone is 1. The Morgan fingerprint density at radius 1 is 1.53 bits per heavy atom. The van der Waals surface area contributed by atoms with E-state index in [4.69, 9.17) is 10.2 Å². The normalized spacial score (nSPS) is 35.6. The molecule has 0 saturated carbocycles. The SMILES string of the molecule is Cc1coc2c1C[C@H]1[C@H](N)C=CC(=O)[C@]1(C)C2. The van der Waals surface area contributed by atoms with Crippen molar-refractivity contribution in [3.05, 3.63) is 35.3 Å². The van der Waals surface area contributed by atoms with Gasteiger partial charge in [-0.25, -0.2) is 0 Å². The van der Waals surface area contributed by atoms with Crippen molar-refractivity contribution >= 4 is 5.78 Å². The summed E-state index contributed by atoms with van der Waals surface area (Å²) in [5.74, 6) is 1.35. The smallest absolute Gasteiger partial charge is 0.162 e. The van der Waals surface area contributed by atoms with Crippen molar-refractivity contribution in [2.45, 2.75) is 32.7 Å². The van der Waals surface area contributed by atoms with E-state index in [2.05, 4.69) is 6.92 Å². The van der Waals surface area contributed by atoms with Crippen LogP contribution in [0.3, 0.4) is 0 Å². The summed E-state index contributed by atoms with van der Waals surface area (Å²) >= 11 is 0. The van der Waals surface area contributed by atoms with Crippen molar-refractivity contribution in [1.82, 2.24) is 0 Å². The fourth-order valence-electron chi connectivity index (χ4n) is 3.21. The Bertz CT molecular complexity index is 514. The Kier molecular flexibility index (Phi) is 2.11. The van der Waals surface area contributed by atoms with E-state index in [-0.39, 0.29) is 23.2 Å². The molecule has 3 heteroatoms.